The second-order valence-corrected chi connectivity index (χ2v) is 10.3. The molecule has 0 bridgehead atoms. The molecule has 0 unspecified atom stereocenters. The SMILES string of the molecule is CCOC(=O)N1CCC(NC(=O)c2c3c(cn(-c4ccc(C)cc4)c2=O)C(=O)CC(C)(C)C3)CC1. The van der Waals surface area contributed by atoms with Gasteiger partial charge in [-0.25, -0.2) is 4.79 Å². The fraction of sp³-hybridized carbons (Fsp3) is 0.481. The van der Waals surface area contributed by atoms with E-state index in [0.717, 1.165) is 5.56 Å². The summed E-state index contributed by atoms with van der Waals surface area (Å²) in [6, 6.07) is 7.23. The zero-order valence-corrected chi connectivity index (χ0v) is 20.8. The van der Waals surface area contributed by atoms with Gasteiger partial charge in [-0.05, 0) is 56.2 Å². The van der Waals surface area contributed by atoms with Crippen LogP contribution in [0.5, 0.6) is 0 Å². The number of piperidine rings is 1. The smallest absolute Gasteiger partial charge is 0.409 e. The van der Waals surface area contributed by atoms with Crippen molar-refractivity contribution in [3.63, 3.8) is 0 Å². The van der Waals surface area contributed by atoms with Gasteiger partial charge in [0, 0.05) is 43.0 Å². The Morgan fingerprint density at radius 2 is 1.74 bits per heavy atom. The molecule has 1 saturated heterocycles. The van der Waals surface area contributed by atoms with Crippen LogP contribution in [0.4, 0.5) is 4.79 Å². The molecule has 0 saturated carbocycles. The number of amides is 2. The molecule has 1 fully saturated rings. The van der Waals surface area contributed by atoms with E-state index in [1.165, 1.54) is 4.57 Å². The number of aryl methyl sites for hydroxylation is 1. The maximum Gasteiger partial charge on any atom is 0.409 e. The summed E-state index contributed by atoms with van der Waals surface area (Å²) in [4.78, 5) is 53.9. The summed E-state index contributed by atoms with van der Waals surface area (Å²) < 4.78 is 6.47. The molecule has 8 nitrogen and oxygen atoms in total. The second-order valence-electron chi connectivity index (χ2n) is 10.3. The van der Waals surface area contributed by atoms with Crippen LogP contribution in [0.25, 0.3) is 5.69 Å². The Morgan fingerprint density at radius 3 is 2.37 bits per heavy atom. The molecule has 0 atom stereocenters. The van der Waals surface area contributed by atoms with Gasteiger partial charge in [-0.3, -0.25) is 19.0 Å². The minimum Gasteiger partial charge on any atom is -0.450 e. The van der Waals surface area contributed by atoms with E-state index >= 15 is 0 Å². The highest BCUT2D eigenvalue weighted by atomic mass is 16.6. The molecule has 186 valence electrons. The minimum absolute atomic E-state index is 0.0389. The van der Waals surface area contributed by atoms with Crippen LogP contribution in [-0.2, 0) is 11.2 Å². The van der Waals surface area contributed by atoms with E-state index in [-0.39, 0.29) is 28.9 Å². The van der Waals surface area contributed by atoms with Gasteiger partial charge < -0.3 is 15.0 Å². The number of likely N-dealkylation sites (tertiary alicyclic amines) is 1. The van der Waals surface area contributed by atoms with E-state index in [4.69, 9.17) is 4.74 Å². The Bertz CT molecular complexity index is 1200. The van der Waals surface area contributed by atoms with E-state index in [0.29, 0.717) is 62.2 Å². The summed E-state index contributed by atoms with van der Waals surface area (Å²) in [5.74, 6) is -0.526. The van der Waals surface area contributed by atoms with Gasteiger partial charge in [-0.1, -0.05) is 31.5 Å². The number of Topliss-reactive ketones (excluding diaryl/α,β-unsaturated/α-hetero) is 1. The Morgan fingerprint density at radius 1 is 1.09 bits per heavy atom. The molecule has 35 heavy (non-hydrogen) atoms. The Labute approximate surface area is 205 Å². The number of carbonyl (C=O) groups excluding carboxylic acids is 3. The molecular formula is C27H33N3O5. The van der Waals surface area contributed by atoms with Gasteiger partial charge in [0.15, 0.2) is 5.78 Å². The number of ether oxygens (including phenoxy) is 1. The van der Waals surface area contributed by atoms with Gasteiger partial charge in [0.2, 0.25) is 0 Å². The monoisotopic (exact) mass is 479 g/mol. The molecule has 8 heteroatoms. The third-order valence-corrected chi connectivity index (χ3v) is 6.81. The molecule has 4 rings (SSSR count). The number of rotatable bonds is 4. The zero-order valence-electron chi connectivity index (χ0n) is 20.8. The molecule has 0 radical (unpaired) electrons. The van der Waals surface area contributed by atoms with E-state index in [1.54, 1.807) is 18.0 Å². The van der Waals surface area contributed by atoms with Crippen LogP contribution >= 0.6 is 0 Å². The molecule has 1 aliphatic heterocycles. The van der Waals surface area contributed by atoms with Crippen molar-refractivity contribution in [2.24, 2.45) is 5.41 Å². The number of hydrogen-bond acceptors (Lipinski definition) is 5. The molecule has 1 aromatic carbocycles. The van der Waals surface area contributed by atoms with E-state index in [1.807, 2.05) is 45.0 Å². The lowest BCUT2D eigenvalue weighted by molar-refractivity contribution is 0.0857. The van der Waals surface area contributed by atoms with Crippen LogP contribution < -0.4 is 10.9 Å². The molecule has 2 aliphatic rings. The number of nitrogens with zero attached hydrogens (tertiary/aromatic N) is 2. The summed E-state index contributed by atoms with van der Waals surface area (Å²) in [6.45, 7) is 8.93. The van der Waals surface area contributed by atoms with E-state index in [2.05, 4.69) is 5.32 Å². The summed E-state index contributed by atoms with van der Waals surface area (Å²) >= 11 is 0. The largest absolute Gasteiger partial charge is 0.450 e. The Kier molecular flexibility index (Phi) is 6.83. The molecule has 1 aliphatic carbocycles. The fourth-order valence-corrected chi connectivity index (χ4v) is 4.95. The van der Waals surface area contributed by atoms with Gasteiger partial charge in [-0.15, -0.1) is 0 Å². The first-order valence-corrected chi connectivity index (χ1v) is 12.2. The van der Waals surface area contributed by atoms with Crippen molar-refractivity contribution in [1.29, 1.82) is 0 Å². The van der Waals surface area contributed by atoms with Crippen LogP contribution in [0.1, 0.15) is 71.9 Å². The summed E-state index contributed by atoms with van der Waals surface area (Å²) in [7, 11) is 0. The van der Waals surface area contributed by atoms with Crippen molar-refractivity contribution >= 4 is 17.8 Å². The number of nitrogens with one attached hydrogen (secondary N) is 1. The first-order valence-electron chi connectivity index (χ1n) is 12.2. The first-order chi connectivity index (χ1) is 16.6. The molecule has 1 N–H and O–H groups in total. The van der Waals surface area contributed by atoms with Crippen molar-refractivity contribution in [3.8, 4) is 5.69 Å². The van der Waals surface area contributed by atoms with Crippen LogP contribution in [0, 0.1) is 12.3 Å². The van der Waals surface area contributed by atoms with Crippen molar-refractivity contribution in [1.82, 2.24) is 14.8 Å². The topological polar surface area (TPSA) is 97.7 Å². The lowest BCUT2D eigenvalue weighted by Crippen LogP contribution is -2.48. The standard InChI is InChI=1S/C27H33N3O5/c1-5-35-26(34)29-12-10-18(11-13-29)28-24(32)23-20-14-27(3,4)15-22(31)21(20)16-30(25(23)33)19-8-6-17(2)7-9-19/h6-9,16,18H,5,10-15H2,1-4H3,(H,28,32). The van der Waals surface area contributed by atoms with Gasteiger partial charge in [0.05, 0.1) is 6.61 Å². The van der Waals surface area contributed by atoms with Gasteiger partial charge in [0.1, 0.15) is 5.56 Å². The van der Waals surface area contributed by atoms with Gasteiger partial charge >= 0.3 is 6.09 Å². The van der Waals surface area contributed by atoms with Crippen molar-refractivity contribution < 1.29 is 19.1 Å². The predicted octanol–water partition coefficient (Wildman–Crippen LogP) is 3.65. The normalized spacial score (nSPS) is 17.6. The number of carbonyl (C=O) groups is 3. The molecule has 1 aromatic heterocycles. The van der Waals surface area contributed by atoms with Crippen LogP contribution in [0.15, 0.2) is 35.3 Å². The average molecular weight is 480 g/mol. The number of ketones is 1. The molecular weight excluding hydrogens is 446 g/mol. The average Bonchev–Trinajstić information content (AvgIpc) is 2.79. The third-order valence-electron chi connectivity index (χ3n) is 6.81. The second kappa shape index (κ2) is 9.68. The van der Waals surface area contributed by atoms with Crippen LogP contribution in [0.3, 0.4) is 0 Å². The summed E-state index contributed by atoms with van der Waals surface area (Å²) in [5, 5.41) is 3.01. The highest BCUT2D eigenvalue weighted by molar-refractivity contribution is 6.04. The quantitative estimate of drug-likeness (QED) is 0.722. The third kappa shape index (κ3) is 5.16. The minimum atomic E-state index is -0.465. The molecule has 2 heterocycles. The number of hydrogen-bond donors (Lipinski definition) is 1. The molecule has 2 aromatic rings. The zero-order chi connectivity index (χ0) is 25.3. The maximum atomic E-state index is 13.7. The van der Waals surface area contributed by atoms with Crippen LogP contribution in [-0.4, -0.2) is 53.0 Å². The summed E-state index contributed by atoms with van der Waals surface area (Å²) in [6.07, 6.45) is 3.21. The highest BCUT2D eigenvalue weighted by Gasteiger charge is 2.36. The van der Waals surface area contributed by atoms with Gasteiger partial charge in [-0.2, -0.15) is 0 Å². The van der Waals surface area contributed by atoms with Crippen molar-refractivity contribution in [3.05, 3.63) is 63.1 Å². The van der Waals surface area contributed by atoms with E-state index in [9.17, 15) is 19.2 Å². The van der Waals surface area contributed by atoms with Gasteiger partial charge in [0.25, 0.3) is 11.5 Å². The number of fused-ring (bicyclic) bond motifs is 1. The van der Waals surface area contributed by atoms with Crippen molar-refractivity contribution in [2.45, 2.75) is 59.4 Å². The fourth-order valence-electron chi connectivity index (χ4n) is 4.95. The number of benzene rings is 1. The molecule has 2 amide bonds. The maximum absolute atomic E-state index is 13.7. The predicted molar refractivity (Wildman–Crippen MR) is 132 cm³/mol. The number of aromatic nitrogens is 1. The van der Waals surface area contributed by atoms with Crippen LogP contribution in [0.2, 0.25) is 0 Å². The van der Waals surface area contributed by atoms with Crippen molar-refractivity contribution in [2.75, 3.05) is 19.7 Å². The summed E-state index contributed by atoms with van der Waals surface area (Å²) in [5.41, 5.74) is 1.89. The Hall–Kier alpha value is -3.42. The lowest BCUT2D eigenvalue weighted by Gasteiger charge is -2.33. The first kappa shape index (κ1) is 24.7. The highest BCUT2D eigenvalue weighted by Crippen LogP contribution is 2.36. The Balaban J connectivity index is 1.67. The lowest BCUT2D eigenvalue weighted by atomic mass is 9.73. The number of pyridine rings is 1. The van der Waals surface area contributed by atoms with E-state index < -0.39 is 11.5 Å². The molecule has 0 spiro atoms.